The average Bonchev–Trinajstić information content (AvgIpc) is 3.05. The van der Waals surface area contributed by atoms with Crippen LogP contribution in [0.2, 0.25) is 5.02 Å². The lowest BCUT2D eigenvalue weighted by Crippen LogP contribution is -2.13. The second-order valence-electron chi connectivity index (χ2n) is 5.65. The van der Waals surface area contributed by atoms with Crippen molar-refractivity contribution in [1.82, 2.24) is 4.98 Å². The van der Waals surface area contributed by atoms with Crippen LogP contribution in [0.4, 0.5) is 10.1 Å². The zero-order chi connectivity index (χ0) is 18.1. The van der Waals surface area contributed by atoms with E-state index in [0.717, 1.165) is 5.56 Å². The van der Waals surface area contributed by atoms with Crippen molar-refractivity contribution in [3.63, 3.8) is 0 Å². The third-order valence-corrected chi connectivity index (χ3v) is 4.07. The Bertz CT molecular complexity index is 1120. The molecule has 1 amide bonds. The van der Waals surface area contributed by atoms with Gasteiger partial charge in [0.1, 0.15) is 11.3 Å². The number of benzene rings is 3. The van der Waals surface area contributed by atoms with Gasteiger partial charge in [0.05, 0.1) is 5.56 Å². The summed E-state index contributed by atoms with van der Waals surface area (Å²) in [6.45, 7) is 0. The summed E-state index contributed by atoms with van der Waals surface area (Å²) >= 11 is 6.00. The highest BCUT2D eigenvalue weighted by atomic mass is 35.5. The van der Waals surface area contributed by atoms with E-state index in [-0.39, 0.29) is 5.56 Å². The fraction of sp³-hybridized carbons (Fsp3) is 0. The Morgan fingerprint density at radius 2 is 1.88 bits per heavy atom. The Balaban J connectivity index is 1.64. The number of anilines is 1. The summed E-state index contributed by atoms with van der Waals surface area (Å²) in [5.41, 5.74) is 2.38. The molecule has 4 aromatic rings. The first kappa shape index (κ1) is 16.3. The lowest BCUT2D eigenvalue weighted by molar-refractivity contribution is 0.102. The first-order valence-electron chi connectivity index (χ1n) is 7.82. The molecule has 0 spiro atoms. The molecule has 0 saturated heterocycles. The van der Waals surface area contributed by atoms with E-state index in [1.807, 2.05) is 12.1 Å². The van der Waals surface area contributed by atoms with Crippen molar-refractivity contribution in [2.24, 2.45) is 0 Å². The number of nitrogens with one attached hydrogen (secondary N) is 1. The molecule has 1 aromatic heterocycles. The molecule has 0 fully saturated rings. The molecule has 26 heavy (non-hydrogen) atoms. The van der Waals surface area contributed by atoms with Crippen molar-refractivity contribution in [2.75, 3.05) is 5.32 Å². The maximum absolute atomic E-state index is 13.7. The maximum atomic E-state index is 13.7. The standard InChI is InChI=1S/C20H12ClFN2O2/c21-13-5-3-4-12(10-13)20-24-17-11-14(8-9-18(17)26-20)23-19(25)15-6-1-2-7-16(15)22/h1-11H,(H,23,25). The fourth-order valence-electron chi connectivity index (χ4n) is 2.59. The van der Waals surface area contributed by atoms with E-state index < -0.39 is 11.7 Å². The first-order valence-corrected chi connectivity index (χ1v) is 8.20. The van der Waals surface area contributed by atoms with Gasteiger partial charge in [-0.25, -0.2) is 9.37 Å². The molecule has 0 atom stereocenters. The number of nitrogens with zero attached hydrogens (tertiary/aromatic N) is 1. The van der Waals surface area contributed by atoms with Crippen molar-refractivity contribution in [2.45, 2.75) is 0 Å². The van der Waals surface area contributed by atoms with Crippen LogP contribution in [0.5, 0.6) is 0 Å². The second-order valence-corrected chi connectivity index (χ2v) is 6.08. The van der Waals surface area contributed by atoms with Gasteiger partial charge in [-0.15, -0.1) is 0 Å². The summed E-state index contributed by atoms with van der Waals surface area (Å²) < 4.78 is 19.5. The Morgan fingerprint density at radius 1 is 1.04 bits per heavy atom. The smallest absolute Gasteiger partial charge is 0.258 e. The normalized spacial score (nSPS) is 10.8. The molecular weight excluding hydrogens is 355 g/mol. The quantitative estimate of drug-likeness (QED) is 0.518. The van der Waals surface area contributed by atoms with Gasteiger partial charge in [-0.3, -0.25) is 4.79 Å². The zero-order valence-corrected chi connectivity index (χ0v) is 14.1. The van der Waals surface area contributed by atoms with Crippen molar-refractivity contribution in [3.8, 4) is 11.5 Å². The lowest BCUT2D eigenvalue weighted by Gasteiger charge is -2.05. The molecule has 3 aromatic carbocycles. The molecule has 0 aliphatic carbocycles. The highest BCUT2D eigenvalue weighted by Crippen LogP contribution is 2.27. The van der Waals surface area contributed by atoms with Gasteiger partial charge in [-0.05, 0) is 48.5 Å². The summed E-state index contributed by atoms with van der Waals surface area (Å²) in [6.07, 6.45) is 0. The second kappa shape index (κ2) is 6.61. The largest absolute Gasteiger partial charge is 0.436 e. The van der Waals surface area contributed by atoms with E-state index >= 15 is 0 Å². The first-order chi connectivity index (χ1) is 12.6. The number of hydrogen-bond acceptors (Lipinski definition) is 3. The zero-order valence-electron chi connectivity index (χ0n) is 13.4. The molecule has 1 N–H and O–H groups in total. The van der Waals surface area contributed by atoms with Crippen LogP contribution in [0.3, 0.4) is 0 Å². The van der Waals surface area contributed by atoms with Gasteiger partial charge in [0.25, 0.3) is 5.91 Å². The minimum absolute atomic E-state index is 0.0210. The number of oxazole rings is 1. The molecule has 0 aliphatic rings. The van der Waals surface area contributed by atoms with Gasteiger partial charge in [-0.2, -0.15) is 0 Å². The molecule has 0 radical (unpaired) electrons. The van der Waals surface area contributed by atoms with Crippen LogP contribution in [-0.4, -0.2) is 10.9 Å². The Morgan fingerprint density at radius 3 is 2.69 bits per heavy atom. The van der Waals surface area contributed by atoms with Gasteiger partial charge in [-0.1, -0.05) is 29.8 Å². The monoisotopic (exact) mass is 366 g/mol. The van der Waals surface area contributed by atoms with Crippen LogP contribution < -0.4 is 5.32 Å². The number of amides is 1. The summed E-state index contributed by atoms with van der Waals surface area (Å²) in [6, 6.07) is 18.0. The molecule has 1 heterocycles. The van der Waals surface area contributed by atoms with Crippen molar-refractivity contribution in [3.05, 3.63) is 83.1 Å². The van der Waals surface area contributed by atoms with Gasteiger partial charge < -0.3 is 9.73 Å². The third kappa shape index (κ3) is 3.17. The predicted molar refractivity (Wildman–Crippen MR) is 98.8 cm³/mol. The van der Waals surface area contributed by atoms with Crippen LogP contribution in [0.25, 0.3) is 22.6 Å². The summed E-state index contributed by atoms with van der Waals surface area (Å²) in [7, 11) is 0. The van der Waals surface area contributed by atoms with E-state index in [1.54, 1.807) is 36.4 Å². The van der Waals surface area contributed by atoms with Gasteiger partial charge >= 0.3 is 0 Å². The fourth-order valence-corrected chi connectivity index (χ4v) is 2.78. The predicted octanol–water partition coefficient (Wildman–Crippen LogP) is 5.54. The van der Waals surface area contributed by atoms with Crippen molar-refractivity contribution in [1.29, 1.82) is 0 Å². The summed E-state index contributed by atoms with van der Waals surface area (Å²) in [5, 5.41) is 3.25. The van der Waals surface area contributed by atoms with E-state index in [4.69, 9.17) is 16.0 Å². The number of carbonyl (C=O) groups excluding carboxylic acids is 1. The van der Waals surface area contributed by atoms with Crippen LogP contribution in [0, 0.1) is 5.82 Å². The third-order valence-electron chi connectivity index (χ3n) is 3.84. The molecule has 0 unspecified atom stereocenters. The minimum atomic E-state index is -0.573. The summed E-state index contributed by atoms with van der Waals surface area (Å²) in [5.74, 6) is -0.670. The van der Waals surface area contributed by atoms with Crippen LogP contribution in [-0.2, 0) is 0 Å². The number of halogens is 2. The maximum Gasteiger partial charge on any atom is 0.258 e. The molecule has 128 valence electrons. The van der Waals surface area contributed by atoms with Crippen molar-refractivity contribution >= 4 is 34.3 Å². The Kier molecular flexibility index (Phi) is 4.14. The van der Waals surface area contributed by atoms with E-state index in [0.29, 0.717) is 27.7 Å². The minimum Gasteiger partial charge on any atom is -0.436 e. The molecule has 0 saturated carbocycles. The van der Waals surface area contributed by atoms with E-state index in [9.17, 15) is 9.18 Å². The average molecular weight is 367 g/mol. The summed E-state index contributed by atoms with van der Waals surface area (Å²) in [4.78, 5) is 16.7. The van der Waals surface area contributed by atoms with Crippen molar-refractivity contribution < 1.29 is 13.6 Å². The van der Waals surface area contributed by atoms with Crippen LogP contribution in [0.1, 0.15) is 10.4 Å². The molecule has 4 nitrogen and oxygen atoms in total. The highest BCUT2D eigenvalue weighted by molar-refractivity contribution is 6.30. The molecule has 4 rings (SSSR count). The highest BCUT2D eigenvalue weighted by Gasteiger charge is 2.13. The Labute approximate surface area is 153 Å². The molecular formula is C20H12ClFN2O2. The van der Waals surface area contributed by atoms with E-state index in [1.165, 1.54) is 18.2 Å². The number of hydrogen-bond donors (Lipinski definition) is 1. The van der Waals surface area contributed by atoms with Gasteiger partial charge in [0.15, 0.2) is 5.58 Å². The van der Waals surface area contributed by atoms with Crippen LogP contribution in [0.15, 0.2) is 71.1 Å². The topological polar surface area (TPSA) is 55.1 Å². The Hall–Kier alpha value is -3.18. The molecule has 0 aliphatic heterocycles. The number of fused-ring (bicyclic) bond motifs is 1. The SMILES string of the molecule is O=C(Nc1ccc2oc(-c3cccc(Cl)c3)nc2c1)c1ccccc1F. The number of aromatic nitrogens is 1. The van der Waals surface area contributed by atoms with E-state index in [2.05, 4.69) is 10.3 Å². The number of rotatable bonds is 3. The molecule has 6 heteroatoms. The number of carbonyl (C=O) groups is 1. The van der Waals surface area contributed by atoms with Gasteiger partial charge in [0, 0.05) is 16.3 Å². The van der Waals surface area contributed by atoms with Gasteiger partial charge in [0.2, 0.25) is 5.89 Å². The molecule has 0 bridgehead atoms. The lowest BCUT2D eigenvalue weighted by atomic mass is 10.2. The van der Waals surface area contributed by atoms with Crippen LogP contribution >= 0.6 is 11.6 Å².